The van der Waals surface area contributed by atoms with E-state index < -0.39 is 0 Å². The first-order chi connectivity index (χ1) is 10.2. The number of aromatic nitrogens is 2. The highest BCUT2D eigenvalue weighted by Gasteiger charge is 2.39. The van der Waals surface area contributed by atoms with Crippen molar-refractivity contribution in [3.63, 3.8) is 0 Å². The molecule has 3 N–H and O–H groups in total. The molecule has 1 aromatic heterocycles. The zero-order valence-corrected chi connectivity index (χ0v) is 11.6. The van der Waals surface area contributed by atoms with Crippen LogP contribution in [0.1, 0.15) is 31.2 Å². The molecule has 0 atom stereocenters. The van der Waals surface area contributed by atoms with Crippen LogP contribution < -0.4 is 5.73 Å². The number of hydrogen-bond donors (Lipinski definition) is 2. The summed E-state index contributed by atoms with van der Waals surface area (Å²) in [6, 6.07) is 2.26. The molecule has 0 spiro atoms. The minimum atomic E-state index is -0.171. The van der Waals surface area contributed by atoms with Crippen LogP contribution in [-0.2, 0) is 5.54 Å². The molecule has 6 nitrogen and oxygen atoms in total. The summed E-state index contributed by atoms with van der Waals surface area (Å²) in [6.07, 6.45) is 11.9. The average Bonchev–Trinajstić information content (AvgIpc) is 3.06. The molecule has 0 amide bonds. The van der Waals surface area contributed by atoms with Crippen LogP contribution >= 0.6 is 0 Å². The van der Waals surface area contributed by atoms with Gasteiger partial charge in [-0.2, -0.15) is 10.4 Å². The van der Waals surface area contributed by atoms with Crippen molar-refractivity contribution in [1.29, 1.82) is 10.7 Å². The number of nitrogens with two attached hydrogens (primary N) is 1. The molecular formula is C15H16N6. The van der Waals surface area contributed by atoms with E-state index in [2.05, 4.69) is 16.2 Å². The van der Waals surface area contributed by atoms with Gasteiger partial charge >= 0.3 is 0 Å². The van der Waals surface area contributed by atoms with Crippen LogP contribution in [0, 0.1) is 16.7 Å². The van der Waals surface area contributed by atoms with E-state index in [1.54, 1.807) is 18.5 Å². The van der Waals surface area contributed by atoms with Gasteiger partial charge in [0, 0.05) is 35.3 Å². The lowest BCUT2D eigenvalue weighted by Gasteiger charge is -2.40. The molecule has 1 aromatic rings. The summed E-state index contributed by atoms with van der Waals surface area (Å²) in [5.74, 6) is 0.414. The molecule has 0 saturated heterocycles. The van der Waals surface area contributed by atoms with E-state index in [1.165, 1.54) is 6.21 Å². The minimum Gasteiger partial charge on any atom is -0.383 e. The second kappa shape index (κ2) is 5.02. The molecule has 0 unspecified atom stereocenters. The molecule has 2 aliphatic rings. The van der Waals surface area contributed by atoms with Crippen molar-refractivity contribution < 1.29 is 0 Å². The Bertz CT molecular complexity index is 709. The molecule has 2 heterocycles. The molecule has 0 radical (unpaired) electrons. The molecule has 1 fully saturated rings. The Balaban J connectivity index is 1.99. The van der Waals surface area contributed by atoms with Crippen molar-refractivity contribution in [3.8, 4) is 6.07 Å². The van der Waals surface area contributed by atoms with E-state index in [4.69, 9.17) is 16.4 Å². The topological polar surface area (TPSA) is 104 Å². The Morgan fingerprint density at radius 2 is 2.38 bits per heavy atom. The lowest BCUT2D eigenvalue weighted by molar-refractivity contribution is 0.130. The predicted molar refractivity (Wildman–Crippen MR) is 80.7 cm³/mol. The van der Waals surface area contributed by atoms with Crippen LogP contribution in [0.25, 0.3) is 5.57 Å². The molecule has 1 aliphatic carbocycles. The van der Waals surface area contributed by atoms with Crippen LogP contribution in [0.2, 0.25) is 0 Å². The Hall–Kier alpha value is -2.68. The number of nitrogens with zero attached hydrogens (tertiary/aromatic N) is 4. The third-order valence-electron chi connectivity index (χ3n) is 4.24. The molecule has 106 valence electrons. The maximum Gasteiger partial charge on any atom is 0.131 e. The minimum absolute atomic E-state index is 0.171. The molecule has 3 rings (SSSR count). The molecule has 21 heavy (non-hydrogen) atoms. The fourth-order valence-electron chi connectivity index (χ4n) is 2.83. The van der Waals surface area contributed by atoms with E-state index in [0.29, 0.717) is 17.8 Å². The van der Waals surface area contributed by atoms with E-state index in [9.17, 15) is 0 Å². The maximum absolute atomic E-state index is 9.02. The third-order valence-corrected chi connectivity index (χ3v) is 4.24. The monoisotopic (exact) mass is 280 g/mol. The zero-order valence-electron chi connectivity index (χ0n) is 11.6. The van der Waals surface area contributed by atoms with E-state index >= 15 is 0 Å². The highest BCUT2D eigenvalue weighted by molar-refractivity contribution is 6.21. The molecule has 1 aliphatic heterocycles. The van der Waals surface area contributed by atoms with Gasteiger partial charge in [-0.05, 0) is 25.3 Å². The van der Waals surface area contributed by atoms with Gasteiger partial charge in [-0.1, -0.05) is 0 Å². The number of allylic oxidation sites excluding steroid dienone is 1. The third kappa shape index (κ3) is 2.07. The smallest absolute Gasteiger partial charge is 0.131 e. The van der Waals surface area contributed by atoms with Gasteiger partial charge in [0.05, 0.1) is 24.2 Å². The summed E-state index contributed by atoms with van der Waals surface area (Å²) < 4.78 is 1.88. The summed E-state index contributed by atoms with van der Waals surface area (Å²) in [4.78, 5) is 4.01. The number of amidine groups is 1. The van der Waals surface area contributed by atoms with Gasteiger partial charge in [-0.3, -0.25) is 4.68 Å². The Morgan fingerprint density at radius 1 is 1.57 bits per heavy atom. The van der Waals surface area contributed by atoms with Crippen LogP contribution in [0.15, 0.2) is 35.2 Å². The highest BCUT2D eigenvalue weighted by Crippen LogP contribution is 2.41. The van der Waals surface area contributed by atoms with Crippen LogP contribution in [0.4, 0.5) is 0 Å². The van der Waals surface area contributed by atoms with Gasteiger partial charge in [-0.25, -0.2) is 4.99 Å². The van der Waals surface area contributed by atoms with Crippen molar-refractivity contribution in [2.75, 3.05) is 0 Å². The number of hydrogen-bond acceptors (Lipinski definition) is 5. The molecule has 1 saturated carbocycles. The van der Waals surface area contributed by atoms with E-state index in [-0.39, 0.29) is 5.54 Å². The molecule has 0 aromatic carbocycles. The van der Waals surface area contributed by atoms with Crippen LogP contribution in [0.3, 0.4) is 0 Å². The molecule has 0 bridgehead atoms. The van der Waals surface area contributed by atoms with Gasteiger partial charge in [0.1, 0.15) is 5.84 Å². The second-order valence-corrected chi connectivity index (χ2v) is 5.39. The summed E-state index contributed by atoms with van der Waals surface area (Å²) in [7, 11) is 0. The zero-order chi connectivity index (χ0) is 14.9. The Morgan fingerprint density at radius 3 is 2.90 bits per heavy atom. The lowest BCUT2D eigenvalue weighted by atomic mass is 9.75. The predicted octanol–water partition coefficient (Wildman–Crippen LogP) is 1.96. The fourth-order valence-corrected chi connectivity index (χ4v) is 2.83. The Kier molecular flexibility index (Phi) is 3.18. The van der Waals surface area contributed by atoms with Crippen molar-refractivity contribution in [2.24, 2.45) is 10.7 Å². The standard InChI is InChI=1S/C15H16N6/c16-6-5-15(3-1-4-15)21-10-11(9-20-21)13(8-17)12-2-7-19-14(12)18/h2,7-10,17H,1,3-5H2,(H2,18,19)/b13-12+,17-8?. The lowest BCUT2D eigenvalue weighted by Crippen LogP contribution is -2.40. The summed E-state index contributed by atoms with van der Waals surface area (Å²) in [6.45, 7) is 0. The van der Waals surface area contributed by atoms with Crippen LogP contribution in [-0.4, -0.2) is 21.8 Å². The summed E-state index contributed by atoms with van der Waals surface area (Å²) in [5.41, 5.74) is 7.92. The quantitative estimate of drug-likeness (QED) is 0.824. The number of aliphatic imine (C=N–C) groups is 1. The second-order valence-electron chi connectivity index (χ2n) is 5.39. The largest absolute Gasteiger partial charge is 0.383 e. The first kappa shape index (κ1) is 13.3. The van der Waals surface area contributed by atoms with Gasteiger partial charge in [0.15, 0.2) is 0 Å². The van der Waals surface area contributed by atoms with Gasteiger partial charge in [0.2, 0.25) is 0 Å². The number of rotatable bonds is 4. The van der Waals surface area contributed by atoms with E-state index in [0.717, 1.165) is 30.4 Å². The first-order valence-corrected chi connectivity index (χ1v) is 6.88. The summed E-state index contributed by atoms with van der Waals surface area (Å²) >= 11 is 0. The SMILES string of the molecule is N#CCC1(n2cc(/C(C=N)=C3\C=CN=C3N)cn2)CCC1. The van der Waals surface area contributed by atoms with Gasteiger partial charge in [-0.15, -0.1) is 0 Å². The molecule has 6 heteroatoms. The van der Waals surface area contributed by atoms with Crippen molar-refractivity contribution in [1.82, 2.24) is 9.78 Å². The average molecular weight is 280 g/mol. The van der Waals surface area contributed by atoms with Crippen molar-refractivity contribution in [2.45, 2.75) is 31.2 Å². The Labute approximate surface area is 122 Å². The fraction of sp³-hybridized carbons (Fsp3) is 0.333. The molecular weight excluding hydrogens is 264 g/mol. The number of nitrogens with one attached hydrogen (secondary N) is 1. The summed E-state index contributed by atoms with van der Waals surface area (Å²) in [5, 5.41) is 21.1. The van der Waals surface area contributed by atoms with Crippen LogP contribution in [0.5, 0.6) is 0 Å². The normalized spacial score (nSPS) is 21.4. The van der Waals surface area contributed by atoms with Gasteiger partial charge < -0.3 is 11.1 Å². The van der Waals surface area contributed by atoms with Gasteiger partial charge in [0.25, 0.3) is 0 Å². The first-order valence-electron chi connectivity index (χ1n) is 6.88. The number of nitriles is 1. The van der Waals surface area contributed by atoms with Crippen molar-refractivity contribution in [3.05, 3.63) is 35.8 Å². The highest BCUT2D eigenvalue weighted by atomic mass is 15.3. The van der Waals surface area contributed by atoms with E-state index in [1.807, 2.05) is 10.9 Å². The van der Waals surface area contributed by atoms with Crippen molar-refractivity contribution >= 4 is 17.6 Å². The maximum atomic E-state index is 9.02.